The van der Waals surface area contributed by atoms with Gasteiger partial charge >= 0.3 is 6.09 Å². The van der Waals surface area contributed by atoms with Crippen molar-refractivity contribution in [1.29, 1.82) is 0 Å². The van der Waals surface area contributed by atoms with Gasteiger partial charge < -0.3 is 21.1 Å². The zero-order valence-electron chi connectivity index (χ0n) is 15.0. The van der Waals surface area contributed by atoms with Crippen molar-refractivity contribution >= 4 is 12.1 Å². The molecule has 0 radical (unpaired) electrons. The van der Waals surface area contributed by atoms with E-state index in [0.717, 1.165) is 12.8 Å². The fourth-order valence-electron chi connectivity index (χ4n) is 2.62. The number of guanidine groups is 1. The van der Waals surface area contributed by atoms with Crippen LogP contribution in [0.3, 0.4) is 0 Å². The Balaban J connectivity index is 2.07. The Hall–Kier alpha value is -1.46. The molecule has 0 aromatic heterocycles. The van der Waals surface area contributed by atoms with Gasteiger partial charge in [0, 0.05) is 19.1 Å². The molecule has 0 heterocycles. The van der Waals surface area contributed by atoms with E-state index in [9.17, 15) is 4.79 Å². The van der Waals surface area contributed by atoms with Crippen molar-refractivity contribution in [2.45, 2.75) is 83.8 Å². The molecule has 0 aromatic rings. The second-order valence-corrected chi connectivity index (χ2v) is 7.24. The van der Waals surface area contributed by atoms with E-state index < -0.39 is 5.60 Å². The normalized spacial score (nSPS) is 17.4. The molecule has 0 unspecified atom stereocenters. The topological polar surface area (TPSA) is 88.7 Å². The third-order valence-corrected chi connectivity index (χ3v) is 3.74. The summed E-state index contributed by atoms with van der Waals surface area (Å²) < 4.78 is 5.17. The first-order valence-corrected chi connectivity index (χ1v) is 8.90. The molecule has 134 valence electrons. The lowest BCUT2D eigenvalue weighted by molar-refractivity contribution is 0.0527. The Morgan fingerprint density at radius 2 is 1.83 bits per heavy atom. The van der Waals surface area contributed by atoms with E-state index in [0.29, 0.717) is 25.1 Å². The number of carbonyl (C=O) groups excluding carboxylic acids is 1. The van der Waals surface area contributed by atoms with E-state index >= 15 is 0 Å². The van der Waals surface area contributed by atoms with Gasteiger partial charge in [-0.15, -0.1) is 0 Å². The molecule has 0 bridgehead atoms. The maximum absolute atomic E-state index is 11.5. The van der Waals surface area contributed by atoms with Crippen LogP contribution >= 0.6 is 0 Å². The number of unbranched alkanes of at least 4 members (excludes halogenated alkanes) is 1. The Kier molecular flexibility index (Phi) is 8.81. The highest BCUT2D eigenvalue weighted by Crippen LogP contribution is 2.16. The smallest absolute Gasteiger partial charge is 0.407 e. The highest BCUT2D eigenvalue weighted by molar-refractivity contribution is 5.78. The van der Waals surface area contributed by atoms with Crippen molar-refractivity contribution < 1.29 is 9.53 Å². The zero-order chi connectivity index (χ0) is 17.1. The van der Waals surface area contributed by atoms with Crippen molar-refractivity contribution in [1.82, 2.24) is 10.6 Å². The highest BCUT2D eigenvalue weighted by Gasteiger charge is 2.15. The number of carbonyl (C=O) groups is 1. The molecule has 1 aliphatic carbocycles. The molecule has 0 aromatic carbocycles. The lowest BCUT2D eigenvalue weighted by Crippen LogP contribution is -2.39. The second-order valence-electron chi connectivity index (χ2n) is 7.24. The maximum Gasteiger partial charge on any atom is 0.407 e. The summed E-state index contributed by atoms with van der Waals surface area (Å²) in [6, 6.07) is 0.482. The number of ether oxygens (including phenoxy) is 1. The quantitative estimate of drug-likeness (QED) is 0.303. The number of aliphatic imine (C=N–C) groups is 1. The van der Waals surface area contributed by atoms with Gasteiger partial charge in [-0.1, -0.05) is 25.7 Å². The van der Waals surface area contributed by atoms with E-state index in [-0.39, 0.29) is 6.09 Å². The fraction of sp³-hybridized carbons (Fsp3) is 0.882. The molecule has 4 N–H and O–H groups in total. The van der Waals surface area contributed by atoms with Crippen LogP contribution < -0.4 is 16.4 Å². The van der Waals surface area contributed by atoms with Crippen LogP contribution in [0, 0.1) is 0 Å². The lowest BCUT2D eigenvalue weighted by Gasteiger charge is -2.19. The van der Waals surface area contributed by atoms with Crippen LogP contribution in [-0.4, -0.2) is 36.8 Å². The van der Waals surface area contributed by atoms with Gasteiger partial charge in [0.15, 0.2) is 5.96 Å². The maximum atomic E-state index is 11.5. The van der Waals surface area contributed by atoms with Crippen LogP contribution in [0.4, 0.5) is 4.79 Å². The number of nitrogens with two attached hydrogens (primary N) is 1. The van der Waals surface area contributed by atoms with Gasteiger partial charge in [-0.2, -0.15) is 0 Å². The van der Waals surface area contributed by atoms with Crippen LogP contribution in [0.1, 0.15) is 72.1 Å². The molecule has 1 fully saturated rings. The number of nitrogens with zero attached hydrogens (tertiary/aromatic N) is 1. The fourth-order valence-corrected chi connectivity index (χ4v) is 2.62. The molecule has 1 amide bonds. The average molecular weight is 326 g/mol. The van der Waals surface area contributed by atoms with E-state index in [1.165, 1.54) is 38.5 Å². The summed E-state index contributed by atoms with van der Waals surface area (Å²) in [6.45, 7) is 6.84. The molecule has 6 heteroatoms. The monoisotopic (exact) mass is 326 g/mol. The third-order valence-electron chi connectivity index (χ3n) is 3.74. The van der Waals surface area contributed by atoms with Crippen molar-refractivity contribution in [3.8, 4) is 0 Å². The van der Waals surface area contributed by atoms with Gasteiger partial charge in [0.2, 0.25) is 0 Å². The molecule has 1 aliphatic rings. The largest absolute Gasteiger partial charge is 0.444 e. The minimum Gasteiger partial charge on any atom is -0.444 e. The Labute approximate surface area is 140 Å². The summed E-state index contributed by atoms with van der Waals surface area (Å²) in [7, 11) is 0. The average Bonchev–Trinajstić information content (AvgIpc) is 2.69. The van der Waals surface area contributed by atoms with Crippen molar-refractivity contribution in [2.24, 2.45) is 10.7 Å². The van der Waals surface area contributed by atoms with Gasteiger partial charge in [0.05, 0.1) is 0 Å². The lowest BCUT2D eigenvalue weighted by atomic mass is 10.1. The summed E-state index contributed by atoms with van der Waals surface area (Å²) in [5, 5.41) is 6.08. The summed E-state index contributed by atoms with van der Waals surface area (Å²) in [6.07, 6.45) is 8.99. The standard InChI is InChI=1S/C17H34N4O2/c1-17(2,3)23-16(22)20-13-9-8-12-19-15(18)21-14-10-6-4-5-7-11-14/h14H,4-13H2,1-3H3,(H,20,22)(H3,18,19,21). The molecular formula is C17H34N4O2. The molecule has 0 aliphatic heterocycles. The first kappa shape index (κ1) is 19.6. The SMILES string of the molecule is CC(C)(C)OC(=O)NCCCCN=C(N)NC1CCCCCC1. The number of hydrogen-bond acceptors (Lipinski definition) is 3. The molecule has 0 saturated heterocycles. The van der Waals surface area contributed by atoms with Crippen LogP contribution in [0.25, 0.3) is 0 Å². The number of alkyl carbamates (subject to hydrolysis) is 1. The third kappa shape index (κ3) is 10.8. The van der Waals surface area contributed by atoms with Crippen molar-refractivity contribution in [3.05, 3.63) is 0 Å². The van der Waals surface area contributed by atoms with E-state index in [1.54, 1.807) is 0 Å². The summed E-state index contributed by atoms with van der Waals surface area (Å²) in [5.74, 6) is 0.553. The number of rotatable bonds is 6. The van der Waals surface area contributed by atoms with Crippen LogP contribution in [0.15, 0.2) is 4.99 Å². The molecule has 1 rings (SSSR count). The number of hydrogen-bond donors (Lipinski definition) is 3. The molecule has 1 saturated carbocycles. The van der Waals surface area contributed by atoms with E-state index in [4.69, 9.17) is 10.5 Å². The van der Waals surface area contributed by atoms with E-state index in [2.05, 4.69) is 15.6 Å². The predicted molar refractivity (Wildman–Crippen MR) is 94.6 cm³/mol. The molecular weight excluding hydrogens is 292 g/mol. The summed E-state index contributed by atoms with van der Waals surface area (Å²) in [5.41, 5.74) is 5.49. The summed E-state index contributed by atoms with van der Waals surface area (Å²) >= 11 is 0. The van der Waals surface area contributed by atoms with Crippen LogP contribution in [0.5, 0.6) is 0 Å². The van der Waals surface area contributed by atoms with Crippen molar-refractivity contribution in [2.75, 3.05) is 13.1 Å². The van der Waals surface area contributed by atoms with Crippen LogP contribution in [0.2, 0.25) is 0 Å². The molecule has 6 nitrogen and oxygen atoms in total. The Morgan fingerprint density at radius 1 is 1.17 bits per heavy atom. The van der Waals surface area contributed by atoms with Crippen LogP contribution in [-0.2, 0) is 4.74 Å². The minimum atomic E-state index is -0.452. The molecule has 0 atom stereocenters. The number of amides is 1. The van der Waals surface area contributed by atoms with Gasteiger partial charge in [-0.3, -0.25) is 4.99 Å². The van der Waals surface area contributed by atoms with Gasteiger partial charge in [0.1, 0.15) is 5.60 Å². The Bertz CT molecular complexity index is 369. The van der Waals surface area contributed by atoms with E-state index in [1.807, 2.05) is 20.8 Å². The van der Waals surface area contributed by atoms with Crippen molar-refractivity contribution in [3.63, 3.8) is 0 Å². The summed E-state index contributed by atoms with van der Waals surface area (Å²) in [4.78, 5) is 15.8. The minimum absolute atomic E-state index is 0.365. The number of nitrogens with one attached hydrogen (secondary N) is 2. The first-order chi connectivity index (χ1) is 10.9. The molecule has 23 heavy (non-hydrogen) atoms. The van der Waals surface area contributed by atoms with Gasteiger partial charge in [-0.05, 0) is 46.5 Å². The first-order valence-electron chi connectivity index (χ1n) is 8.90. The van der Waals surface area contributed by atoms with Gasteiger partial charge in [-0.25, -0.2) is 4.79 Å². The predicted octanol–water partition coefficient (Wildman–Crippen LogP) is 2.92. The Morgan fingerprint density at radius 3 is 2.43 bits per heavy atom. The second kappa shape index (κ2) is 10.3. The van der Waals surface area contributed by atoms with Gasteiger partial charge in [0.25, 0.3) is 0 Å². The molecule has 0 spiro atoms. The zero-order valence-corrected chi connectivity index (χ0v) is 15.0. The highest BCUT2D eigenvalue weighted by atomic mass is 16.6.